The number of hydrogen-bond donors (Lipinski definition) is 2. The Kier molecular flexibility index (Phi) is 8.85. The zero-order valence-corrected chi connectivity index (χ0v) is 20.2. The smallest absolute Gasteiger partial charge is 0.244 e. The standard InChI is InChI=1S/C22H31ClN4O3S/c1-15(2)13-27-22(23)20(17(5)25-27)10-11-21(28)24-12-18-6-8-19(9-7-18)14-31(29,30)26-16(3)4/h6-11,15-16,26H,12-14H2,1-5H3,(H,24,28)/b11-10+. The highest BCUT2D eigenvalue weighted by Crippen LogP contribution is 2.22. The Labute approximate surface area is 189 Å². The summed E-state index contributed by atoms with van der Waals surface area (Å²) in [4.78, 5) is 12.2. The Morgan fingerprint density at radius 3 is 2.35 bits per heavy atom. The van der Waals surface area contributed by atoms with Gasteiger partial charge in [-0.25, -0.2) is 13.1 Å². The average Bonchev–Trinajstić information content (AvgIpc) is 2.90. The average molecular weight is 467 g/mol. The van der Waals surface area contributed by atoms with E-state index in [-0.39, 0.29) is 17.7 Å². The van der Waals surface area contributed by atoms with Gasteiger partial charge >= 0.3 is 0 Å². The van der Waals surface area contributed by atoms with Crippen molar-refractivity contribution in [2.75, 3.05) is 0 Å². The molecule has 0 unspecified atom stereocenters. The highest BCUT2D eigenvalue weighted by atomic mass is 35.5. The van der Waals surface area contributed by atoms with Gasteiger partial charge in [-0.05, 0) is 43.9 Å². The molecule has 0 aliphatic carbocycles. The molecule has 0 atom stereocenters. The number of carbonyl (C=O) groups is 1. The van der Waals surface area contributed by atoms with Crippen LogP contribution in [0.1, 0.15) is 50.1 Å². The molecule has 0 bridgehead atoms. The lowest BCUT2D eigenvalue weighted by molar-refractivity contribution is -0.116. The largest absolute Gasteiger partial charge is 0.348 e. The van der Waals surface area contributed by atoms with Crippen molar-refractivity contribution in [2.45, 2.75) is 59.5 Å². The predicted octanol–water partition coefficient (Wildman–Crippen LogP) is 3.66. The first-order valence-electron chi connectivity index (χ1n) is 10.2. The summed E-state index contributed by atoms with van der Waals surface area (Å²) >= 11 is 6.39. The van der Waals surface area contributed by atoms with Crippen LogP contribution in [0, 0.1) is 12.8 Å². The molecule has 0 saturated carbocycles. The normalized spacial score (nSPS) is 12.3. The van der Waals surface area contributed by atoms with Gasteiger partial charge in [-0.15, -0.1) is 0 Å². The Morgan fingerprint density at radius 1 is 1.16 bits per heavy atom. The fourth-order valence-electron chi connectivity index (χ4n) is 3.00. The molecule has 0 aliphatic rings. The van der Waals surface area contributed by atoms with E-state index in [1.165, 1.54) is 6.08 Å². The zero-order chi connectivity index (χ0) is 23.2. The highest BCUT2D eigenvalue weighted by molar-refractivity contribution is 7.88. The van der Waals surface area contributed by atoms with E-state index >= 15 is 0 Å². The van der Waals surface area contributed by atoms with Gasteiger partial charge in [0, 0.05) is 30.8 Å². The first-order chi connectivity index (χ1) is 14.5. The van der Waals surface area contributed by atoms with Crippen molar-refractivity contribution in [1.82, 2.24) is 19.8 Å². The van der Waals surface area contributed by atoms with Gasteiger partial charge in [0.2, 0.25) is 15.9 Å². The van der Waals surface area contributed by atoms with E-state index in [1.807, 2.05) is 6.92 Å². The summed E-state index contributed by atoms with van der Waals surface area (Å²) in [7, 11) is -3.36. The lowest BCUT2D eigenvalue weighted by Crippen LogP contribution is -2.31. The molecule has 0 aliphatic heterocycles. The van der Waals surface area contributed by atoms with E-state index in [9.17, 15) is 13.2 Å². The van der Waals surface area contributed by atoms with Gasteiger partial charge in [-0.3, -0.25) is 9.48 Å². The van der Waals surface area contributed by atoms with E-state index < -0.39 is 10.0 Å². The summed E-state index contributed by atoms with van der Waals surface area (Å²) in [6, 6.07) is 6.98. The number of carbonyl (C=O) groups excluding carboxylic acids is 1. The SMILES string of the molecule is Cc1nn(CC(C)C)c(Cl)c1/C=C/C(=O)NCc1ccc(CS(=O)(=O)NC(C)C)cc1. The number of nitrogens with zero attached hydrogens (tertiary/aromatic N) is 2. The fourth-order valence-corrected chi connectivity index (χ4v) is 4.74. The van der Waals surface area contributed by atoms with Gasteiger partial charge in [-0.1, -0.05) is 49.7 Å². The van der Waals surface area contributed by atoms with Crippen LogP contribution >= 0.6 is 11.6 Å². The third-order valence-corrected chi connectivity index (χ3v) is 6.25. The summed E-state index contributed by atoms with van der Waals surface area (Å²) in [6.07, 6.45) is 3.11. The molecule has 9 heteroatoms. The van der Waals surface area contributed by atoms with E-state index in [0.29, 0.717) is 29.7 Å². The summed E-state index contributed by atoms with van der Waals surface area (Å²) in [5.41, 5.74) is 3.07. The summed E-state index contributed by atoms with van der Waals surface area (Å²) in [5.74, 6) is 0.0836. The molecule has 31 heavy (non-hydrogen) atoms. The second-order valence-corrected chi connectivity index (χ2v) is 10.4. The lowest BCUT2D eigenvalue weighted by Gasteiger charge is -2.10. The summed E-state index contributed by atoms with van der Waals surface area (Å²) in [5, 5.41) is 7.76. The lowest BCUT2D eigenvalue weighted by atomic mass is 10.1. The molecule has 2 aromatic rings. The molecule has 0 fully saturated rings. The van der Waals surface area contributed by atoms with Crippen LogP contribution in [-0.4, -0.2) is 30.1 Å². The van der Waals surface area contributed by atoms with Crippen LogP contribution in [0.15, 0.2) is 30.3 Å². The van der Waals surface area contributed by atoms with Crippen LogP contribution in [0.25, 0.3) is 6.08 Å². The quantitative estimate of drug-likeness (QED) is 0.522. The van der Waals surface area contributed by atoms with Gasteiger partial charge in [-0.2, -0.15) is 5.10 Å². The number of halogens is 1. The van der Waals surface area contributed by atoms with Gasteiger partial charge < -0.3 is 5.32 Å². The molecule has 0 radical (unpaired) electrons. The maximum atomic E-state index is 12.2. The monoisotopic (exact) mass is 466 g/mol. The number of benzene rings is 1. The zero-order valence-electron chi connectivity index (χ0n) is 18.6. The van der Waals surface area contributed by atoms with E-state index in [2.05, 4.69) is 29.0 Å². The topological polar surface area (TPSA) is 93.1 Å². The Balaban J connectivity index is 1.92. The van der Waals surface area contributed by atoms with Gasteiger partial charge in [0.15, 0.2) is 0 Å². The number of aryl methyl sites for hydroxylation is 1. The minimum Gasteiger partial charge on any atom is -0.348 e. The van der Waals surface area contributed by atoms with Crippen LogP contribution in [0.5, 0.6) is 0 Å². The van der Waals surface area contributed by atoms with Crippen molar-refractivity contribution in [1.29, 1.82) is 0 Å². The first kappa shape index (κ1) is 25.1. The van der Waals surface area contributed by atoms with Crippen molar-refractivity contribution >= 4 is 33.6 Å². The van der Waals surface area contributed by atoms with Gasteiger partial charge in [0.25, 0.3) is 0 Å². The van der Waals surface area contributed by atoms with Crippen molar-refractivity contribution in [3.05, 3.63) is 57.9 Å². The Morgan fingerprint density at radius 2 is 1.77 bits per heavy atom. The Hall–Kier alpha value is -2.16. The summed E-state index contributed by atoms with van der Waals surface area (Å²) in [6.45, 7) is 10.6. The van der Waals surface area contributed by atoms with Crippen molar-refractivity contribution in [2.24, 2.45) is 5.92 Å². The molecule has 1 aromatic heterocycles. The van der Waals surface area contributed by atoms with Crippen molar-refractivity contribution in [3.8, 4) is 0 Å². The number of sulfonamides is 1. The molecular formula is C22H31ClN4O3S. The van der Waals surface area contributed by atoms with Gasteiger partial charge in [0.1, 0.15) is 5.15 Å². The van der Waals surface area contributed by atoms with Crippen LogP contribution < -0.4 is 10.0 Å². The molecule has 1 aromatic carbocycles. The predicted molar refractivity (Wildman–Crippen MR) is 125 cm³/mol. The second-order valence-electron chi connectivity index (χ2n) is 8.27. The number of nitrogens with one attached hydrogen (secondary N) is 2. The van der Waals surface area contributed by atoms with Crippen LogP contribution in [-0.2, 0) is 33.7 Å². The molecule has 2 N–H and O–H groups in total. The van der Waals surface area contributed by atoms with Crippen LogP contribution in [0.3, 0.4) is 0 Å². The second kappa shape index (κ2) is 10.9. The fraction of sp³-hybridized carbons (Fsp3) is 0.455. The molecule has 2 rings (SSSR count). The highest BCUT2D eigenvalue weighted by Gasteiger charge is 2.13. The maximum Gasteiger partial charge on any atom is 0.244 e. The number of aromatic nitrogens is 2. The van der Waals surface area contributed by atoms with E-state index in [4.69, 9.17) is 11.6 Å². The minimum absolute atomic E-state index is 0.0782. The number of amides is 1. The summed E-state index contributed by atoms with van der Waals surface area (Å²) < 4.78 is 28.3. The van der Waals surface area contributed by atoms with E-state index in [0.717, 1.165) is 16.8 Å². The molecule has 1 amide bonds. The molecule has 0 spiro atoms. The Bertz CT molecular complexity index is 1030. The molecule has 1 heterocycles. The third kappa shape index (κ3) is 8.12. The molecule has 170 valence electrons. The van der Waals surface area contributed by atoms with Crippen LogP contribution in [0.2, 0.25) is 5.15 Å². The number of hydrogen-bond acceptors (Lipinski definition) is 4. The first-order valence-corrected chi connectivity index (χ1v) is 12.3. The molecule has 0 saturated heterocycles. The third-order valence-electron chi connectivity index (χ3n) is 4.31. The number of rotatable bonds is 10. The van der Waals surface area contributed by atoms with Crippen molar-refractivity contribution in [3.63, 3.8) is 0 Å². The minimum atomic E-state index is -3.36. The molecule has 7 nitrogen and oxygen atoms in total. The molecular weight excluding hydrogens is 436 g/mol. The van der Waals surface area contributed by atoms with E-state index in [1.54, 1.807) is 48.9 Å². The van der Waals surface area contributed by atoms with Crippen molar-refractivity contribution < 1.29 is 13.2 Å². The van der Waals surface area contributed by atoms with Crippen LogP contribution in [0.4, 0.5) is 0 Å². The maximum absolute atomic E-state index is 12.2. The van der Waals surface area contributed by atoms with Gasteiger partial charge in [0.05, 0.1) is 11.4 Å².